The van der Waals surface area contributed by atoms with Crippen LogP contribution in [0, 0.1) is 5.92 Å². The van der Waals surface area contributed by atoms with E-state index in [1.54, 1.807) is 12.1 Å². The van der Waals surface area contributed by atoms with E-state index in [4.69, 9.17) is 0 Å². The lowest BCUT2D eigenvalue weighted by Gasteiger charge is -2.11. The van der Waals surface area contributed by atoms with Gasteiger partial charge in [0.25, 0.3) is 0 Å². The van der Waals surface area contributed by atoms with Gasteiger partial charge in [0, 0.05) is 12.0 Å². The highest BCUT2D eigenvalue weighted by molar-refractivity contribution is 5.98. The first-order valence-corrected chi connectivity index (χ1v) is 5.35. The number of hydrogen-bond acceptors (Lipinski definition) is 3. The number of esters is 1. The Balaban J connectivity index is 2.66. The minimum atomic E-state index is -0.335. The Hall–Kier alpha value is -1.64. The van der Waals surface area contributed by atoms with Crippen LogP contribution in [-0.2, 0) is 9.53 Å². The monoisotopic (exact) mass is 220 g/mol. The summed E-state index contributed by atoms with van der Waals surface area (Å²) in [6, 6.07) is 8.99. The number of methoxy groups -OCH3 is 1. The molecule has 1 rings (SSSR count). The molecule has 0 heterocycles. The maximum Gasteiger partial charge on any atom is 0.309 e. The number of ether oxygens (including phenoxy) is 1. The summed E-state index contributed by atoms with van der Waals surface area (Å²) in [5.41, 5.74) is 0.643. The van der Waals surface area contributed by atoms with Crippen molar-refractivity contribution in [2.24, 2.45) is 5.92 Å². The first kappa shape index (κ1) is 12.4. The number of carbonyl (C=O) groups excluding carboxylic acids is 2. The van der Waals surface area contributed by atoms with Crippen molar-refractivity contribution in [1.82, 2.24) is 0 Å². The smallest absolute Gasteiger partial charge is 0.309 e. The third kappa shape index (κ3) is 3.19. The Morgan fingerprint density at radius 3 is 2.38 bits per heavy atom. The Labute approximate surface area is 95.4 Å². The van der Waals surface area contributed by atoms with Gasteiger partial charge in [-0.2, -0.15) is 0 Å². The second-order valence-electron chi connectivity index (χ2n) is 3.62. The summed E-state index contributed by atoms with van der Waals surface area (Å²) in [4.78, 5) is 23.2. The minimum absolute atomic E-state index is 0.0159. The molecule has 1 aromatic carbocycles. The molecule has 3 heteroatoms. The average molecular weight is 220 g/mol. The summed E-state index contributed by atoms with van der Waals surface area (Å²) in [6.45, 7) is 1.87. The molecular weight excluding hydrogens is 204 g/mol. The lowest BCUT2D eigenvalue weighted by Crippen LogP contribution is -2.19. The first-order valence-electron chi connectivity index (χ1n) is 5.35. The Kier molecular flexibility index (Phi) is 4.70. The van der Waals surface area contributed by atoms with Gasteiger partial charge in [0.05, 0.1) is 13.0 Å². The van der Waals surface area contributed by atoms with Crippen molar-refractivity contribution >= 4 is 11.8 Å². The summed E-state index contributed by atoms with van der Waals surface area (Å²) >= 11 is 0. The maximum absolute atomic E-state index is 11.8. The maximum atomic E-state index is 11.8. The fourth-order valence-electron chi connectivity index (χ4n) is 1.53. The third-order valence-electron chi connectivity index (χ3n) is 2.55. The van der Waals surface area contributed by atoms with Gasteiger partial charge in [0.2, 0.25) is 0 Å². The molecule has 0 bridgehead atoms. The summed E-state index contributed by atoms with van der Waals surface area (Å²) in [7, 11) is 1.35. The van der Waals surface area contributed by atoms with E-state index >= 15 is 0 Å². The SMILES string of the molecule is CCC(CC(=O)c1ccccc1)C(=O)OC. The molecule has 0 radical (unpaired) electrons. The van der Waals surface area contributed by atoms with E-state index in [0.717, 1.165) is 0 Å². The molecule has 0 aromatic heterocycles. The zero-order valence-corrected chi connectivity index (χ0v) is 9.60. The highest BCUT2D eigenvalue weighted by Gasteiger charge is 2.21. The second kappa shape index (κ2) is 6.05. The Morgan fingerprint density at radius 2 is 1.88 bits per heavy atom. The predicted octanol–water partition coefficient (Wildman–Crippen LogP) is 2.46. The average Bonchev–Trinajstić information content (AvgIpc) is 2.35. The topological polar surface area (TPSA) is 43.4 Å². The molecule has 0 fully saturated rings. The highest BCUT2D eigenvalue weighted by Crippen LogP contribution is 2.14. The normalized spacial score (nSPS) is 11.9. The molecule has 0 aliphatic rings. The van der Waals surface area contributed by atoms with Crippen molar-refractivity contribution in [2.75, 3.05) is 7.11 Å². The van der Waals surface area contributed by atoms with Gasteiger partial charge in [0.1, 0.15) is 0 Å². The molecule has 0 spiro atoms. The van der Waals surface area contributed by atoms with Gasteiger partial charge >= 0.3 is 5.97 Å². The molecule has 0 amide bonds. The van der Waals surface area contributed by atoms with Gasteiger partial charge in [-0.25, -0.2) is 0 Å². The van der Waals surface area contributed by atoms with E-state index in [2.05, 4.69) is 4.74 Å². The van der Waals surface area contributed by atoms with Gasteiger partial charge in [-0.3, -0.25) is 9.59 Å². The van der Waals surface area contributed by atoms with Crippen LogP contribution in [0.25, 0.3) is 0 Å². The van der Waals surface area contributed by atoms with Crippen LogP contribution in [0.1, 0.15) is 30.1 Å². The van der Waals surface area contributed by atoms with Crippen molar-refractivity contribution in [3.05, 3.63) is 35.9 Å². The molecule has 0 saturated carbocycles. The van der Waals surface area contributed by atoms with Crippen molar-refractivity contribution < 1.29 is 14.3 Å². The van der Waals surface area contributed by atoms with E-state index in [1.165, 1.54) is 7.11 Å². The molecule has 3 nitrogen and oxygen atoms in total. The first-order chi connectivity index (χ1) is 7.69. The standard InChI is InChI=1S/C13H16O3/c1-3-10(13(15)16-2)9-12(14)11-7-5-4-6-8-11/h4-8,10H,3,9H2,1-2H3. The van der Waals surface area contributed by atoms with E-state index in [0.29, 0.717) is 12.0 Å². The lowest BCUT2D eigenvalue weighted by atomic mass is 9.96. The fraction of sp³-hybridized carbons (Fsp3) is 0.385. The van der Waals surface area contributed by atoms with Crippen molar-refractivity contribution in [3.63, 3.8) is 0 Å². The molecule has 1 unspecified atom stereocenters. The molecule has 0 aliphatic carbocycles. The summed E-state index contributed by atoms with van der Waals surface area (Å²) < 4.78 is 4.65. The Morgan fingerprint density at radius 1 is 1.25 bits per heavy atom. The van der Waals surface area contributed by atoms with E-state index in [1.807, 2.05) is 25.1 Å². The van der Waals surface area contributed by atoms with Crippen molar-refractivity contribution in [3.8, 4) is 0 Å². The lowest BCUT2D eigenvalue weighted by molar-refractivity contribution is -0.145. The number of carbonyl (C=O) groups is 2. The summed E-state index contributed by atoms with van der Waals surface area (Å²) in [5, 5.41) is 0. The molecule has 0 aliphatic heterocycles. The van der Waals surface area contributed by atoms with Gasteiger partial charge in [-0.1, -0.05) is 37.3 Å². The molecule has 1 aromatic rings. The molecule has 0 N–H and O–H groups in total. The van der Waals surface area contributed by atoms with E-state index < -0.39 is 0 Å². The fourth-order valence-corrected chi connectivity index (χ4v) is 1.53. The quantitative estimate of drug-likeness (QED) is 0.565. The van der Waals surface area contributed by atoms with Gasteiger partial charge in [0.15, 0.2) is 5.78 Å². The number of ketones is 1. The van der Waals surface area contributed by atoms with Crippen LogP contribution in [-0.4, -0.2) is 18.9 Å². The largest absolute Gasteiger partial charge is 0.469 e. The number of hydrogen-bond donors (Lipinski definition) is 0. The van der Waals surface area contributed by atoms with Crippen LogP contribution in [0.4, 0.5) is 0 Å². The summed E-state index contributed by atoms with van der Waals surface area (Å²) in [5.74, 6) is -0.665. The van der Waals surface area contributed by atoms with E-state index in [-0.39, 0.29) is 24.1 Å². The van der Waals surface area contributed by atoms with Crippen LogP contribution >= 0.6 is 0 Å². The van der Waals surface area contributed by atoms with Gasteiger partial charge in [-0.05, 0) is 6.42 Å². The van der Waals surface area contributed by atoms with Gasteiger partial charge in [-0.15, -0.1) is 0 Å². The Bertz CT molecular complexity index is 357. The van der Waals surface area contributed by atoms with Crippen LogP contribution in [0.3, 0.4) is 0 Å². The van der Waals surface area contributed by atoms with Crippen LogP contribution < -0.4 is 0 Å². The number of benzene rings is 1. The van der Waals surface area contributed by atoms with Crippen LogP contribution in [0.15, 0.2) is 30.3 Å². The summed E-state index contributed by atoms with van der Waals surface area (Å²) in [6.07, 6.45) is 0.832. The predicted molar refractivity (Wildman–Crippen MR) is 61.2 cm³/mol. The van der Waals surface area contributed by atoms with Gasteiger partial charge < -0.3 is 4.74 Å². The van der Waals surface area contributed by atoms with Crippen molar-refractivity contribution in [2.45, 2.75) is 19.8 Å². The number of Topliss-reactive ketones (excluding diaryl/α,β-unsaturated/α-hetero) is 1. The molecule has 16 heavy (non-hydrogen) atoms. The molecule has 1 atom stereocenters. The zero-order chi connectivity index (χ0) is 12.0. The zero-order valence-electron chi connectivity index (χ0n) is 9.60. The van der Waals surface area contributed by atoms with Crippen molar-refractivity contribution in [1.29, 1.82) is 0 Å². The highest BCUT2D eigenvalue weighted by atomic mass is 16.5. The number of rotatable bonds is 5. The molecule has 86 valence electrons. The van der Waals surface area contributed by atoms with E-state index in [9.17, 15) is 9.59 Å². The minimum Gasteiger partial charge on any atom is -0.469 e. The molecular formula is C13H16O3. The second-order valence-corrected chi connectivity index (χ2v) is 3.62. The van der Waals surface area contributed by atoms with Crippen LogP contribution in [0.2, 0.25) is 0 Å². The third-order valence-corrected chi connectivity index (χ3v) is 2.55. The molecule has 0 saturated heterocycles. The van der Waals surface area contributed by atoms with Crippen LogP contribution in [0.5, 0.6) is 0 Å².